The smallest absolute Gasteiger partial charge is 0.323 e. The Balaban J connectivity index is 1.88. The van der Waals surface area contributed by atoms with Crippen molar-refractivity contribution in [3.8, 4) is 0 Å². The zero-order valence-electron chi connectivity index (χ0n) is 12.0. The third-order valence-corrected chi connectivity index (χ3v) is 3.55. The molecule has 2 rings (SSSR count). The van der Waals surface area contributed by atoms with E-state index in [-0.39, 0.29) is 37.1 Å². The van der Waals surface area contributed by atoms with Crippen LogP contribution in [0.3, 0.4) is 0 Å². The van der Waals surface area contributed by atoms with Crippen LogP contribution in [-0.4, -0.2) is 40.3 Å². The highest BCUT2D eigenvalue weighted by Gasteiger charge is 2.33. The van der Waals surface area contributed by atoms with E-state index in [2.05, 4.69) is 0 Å². The van der Waals surface area contributed by atoms with E-state index >= 15 is 0 Å². The number of Topliss-reactive ketones (excluding diaryl/α,β-unsaturated/α-hetero) is 1. The van der Waals surface area contributed by atoms with Crippen LogP contribution in [0.25, 0.3) is 0 Å². The first-order chi connectivity index (χ1) is 9.97. The Morgan fingerprint density at radius 3 is 2.29 bits per heavy atom. The standard InChI is InChI=1S/C16H19NO4/c1-11-2-4-12(5-3-11)14(18)8-9-15(19)17(10-16(20)21)13-6-7-13/h2-5,13H,6-10H2,1H3,(H,20,21). The predicted octanol–water partition coefficient (Wildman–Crippen LogP) is 2.03. The summed E-state index contributed by atoms with van der Waals surface area (Å²) in [6.45, 7) is 1.67. The number of hydrogen-bond acceptors (Lipinski definition) is 3. The monoisotopic (exact) mass is 289 g/mol. The second-order valence-electron chi connectivity index (χ2n) is 5.44. The molecule has 112 valence electrons. The van der Waals surface area contributed by atoms with Gasteiger partial charge in [0.05, 0.1) is 0 Å². The number of carboxylic acid groups (broad SMARTS) is 1. The van der Waals surface area contributed by atoms with Gasteiger partial charge < -0.3 is 10.0 Å². The number of aliphatic carboxylic acids is 1. The van der Waals surface area contributed by atoms with Crippen LogP contribution < -0.4 is 0 Å². The first-order valence-corrected chi connectivity index (χ1v) is 7.08. The number of carbonyl (C=O) groups excluding carboxylic acids is 2. The molecule has 0 saturated heterocycles. The highest BCUT2D eigenvalue weighted by Crippen LogP contribution is 2.27. The van der Waals surface area contributed by atoms with Crippen LogP contribution in [0.5, 0.6) is 0 Å². The molecule has 1 fully saturated rings. The number of hydrogen-bond donors (Lipinski definition) is 1. The maximum atomic E-state index is 12.1. The molecule has 0 atom stereocenters. The summed E-state index contributed by atoms with van der Waals surface area (Å²) in [4.78, 5) is 36.2. The van der Waals surface area contributed by atoms with E-state index in [1.54, 1.807) is 12.1 Å². The number of benzene rings is 1. The van der Waals surface area contributed by atoms with E-state index in [9.17, 15) is 14.4 Å². The summed E-state index contributed by atoms with van der Waals surface area (Å²) in [6.07, 6.45) is 1.89. The zero-order valence-corrected chi connectivity index (χ0v) is 12.0. The number of carboxylic acids is 1. The van der Waals surface area contributed by atoms with Gasteiger partial charge in [-0.15, -0.1) is 0 Å². The summed E-state index contributed by atoms with van der Waals surface area (Å²) in [5.74, 6) is -1.35. The van der Waals surface area contributed by atoms with Crippen molar-refractivity contribution in [2.75, 3.05) is 6.54 Å². The summed E-state index contributed by atoms with van der Waals surface area (Å²) in [5, 5.41) is 8.83. The molecule has 1 N–H and O–H groups in total. The van der Waals surface area contributed by atoms with Crippen molar-refractivity contribution < 1.29 is 19.5 Å². The Morgan fingerprint density at radius 1 is 1.14 bits per heavy atom. The molecular weight excluding hydrogens is 270 g/mol. The Labute approximate surface area is 123 Å². The van der Waals surface area contributed by atoms with E-state index < -0.39 is 5.97 Å². The first kappa shape index (κ1) is 15.2. The van der Waals surface area contributed by atoms with Gasteiger partial charge in [0, 0.05) is 24.4 Å². The van der Waals surface area contributed by atoms with Crippen LogP contribution in [0.2, 0.25) is 0 Å². The zero-order chi connectivity index (χ0) is 15.4. The normalized spacial score (nSPS) is 13.8. The maximum Gasteiger partial charge on any atom is 0.323 e. The lowest BCUT2D eigenvalue weighted by Gasteiger charge is -2.19. The van der Waals surface area contributed by atoms with Crippen molar-refractivity contribution in [2.45, 2.75) is 38.6 Å². The molecule has 0 radical (unpaired) electrons. The molecule has 5 nitrogen and oxygen atoms in total. The minimum Gasteiger partial charge on any atom is -0.480 e. The molecular formula is C16H19NO4. The van der Waals surface area contributed by atoms with Crippen LogP contribution in [0.4, 0.5) is 0 Å². The number of aryl methyl sites for hydroxylation is 1. The molecule has 0 unspecified atom stereocenters. The Hall–Kier alpha value is -2.17. The van der Waals surface area contributed by atoms with Gasteiger partial charge in [-0.05, 0) is 19.8 Å². The minimum atomic E-state index is -1.01. The number of amides is 1. The van der Waals surface area contributed by atoms with Gasteiger partial charge >= 0.3 is 5.97 Å². The van der Waals surface area contributed by atoms with Crippen LogP contribution in [0.15, 0.2) is 24.3 Å². The fraction of sp³-hybridized carbons (Fsp3) is 0.438. The van der Waals surface area contributed by atoms with Crippen molar-refractivity contribution in [1.82, 2.24) is 4.90 Å². The largest absolute Gasteiger partial charge is 0.480 e. The molecule has 21 heavy (non-hydrogen) atoms. The molecule has 0 aromatic heterocycles. The van der Waals surface area contributed by atoms with Crippen molar-refractivity contribution >= 4 is 17.7 Å². The number of nitrogens with zero attached hydrogens (tertiary/aromatic N) is 1. The molecule has 1 aromatic rings. The lowest BCUT2D eigenvalue weighted by atomic mass is 10.0. The third kappa shape index (κ3) is 4.41. The average molecular weight is 289 g/mol. The van der Waals surface area contributed by atoms with Gasteiger partial charge in [0.25, 0.3) is 0 Å². The summed E-state index contributed by atoms with van der Waals surface area (Å²) in [6, 6.07) is 7.25. The van der Waals surface area contributed by atoms with Gasteiger partial charge in [-0.2, -0.15) is 0 Å². The number of carbonyl (C=O) groups is 3. The van der Waals surface area contributed by atoms with Crippen molar-refractivity contribution in [1.29, 1.82) is 0 Å². The first-order valence-electron chi connectivity index (χ1n) is 7.08. The molecule has 5 heteroatoms. The van der Waals surface area contributed by atoms with Gasteiger partial charge in [-0.1, -0.05) is 29.8 Å². The molecule has 0 aliphatic heterocycles. The van der Waals surface area contributed by atoms with Crippen LogP contribution >= 0.6 is 0 Å². The van der Waals surface area contributed by atoms with Gasteiger partial charge in [0.15, 0.2) is 5.78 Å². The molecule has 1 aliphatic carbocycles. The fourth-order valence-corrected chi connectivity index (χ4v) is 2.20. The average Bonchev–Trinajstić information content (AvgIpc) is 3.27. The summed E-state index contributed by atoms with van der Waals surface area (Å²) < 4.78 is 0. The molecule has 0 bridgehead atoms. The minimum absolute atomic E-state index is 0.0445. The quantitative estimate of drug-likeness (QED) is 0.779. The Bertz CT molecular complexity index is 546. The highest BCUT2D eigenvalue weighted by molar-refractivity contribution is 5.98. The topological polar surface area (TPSA) is 74.7 Å². The highest BCUT2D eigenvalue weighted by atomic mass is 16.4. The van der Waals surface area contributed by atoms with E-state index in [0.717, 1.165) is 18.4 Å². The molecule has 1 aliphatic rings. The van der Waals surface area contributed by atoms with E-state index in [0.29, 0.717) is 5.56 Å². The SMILES string of the molecule is Cc1ccc(C(=O)CCC(=O)N(CC(=O)O)C2CC2)cc1. The second kappa shape index (κ2) is 6.52. The fourth-order valence-electron chi connectivity index (χ4n) is 2.20. The molecule has 0 heterocycles. The number of rotatable bonds is 7. The predicted molar refractivity (Wildman–Crippen MR) is 77.1 cm³/mol. The lowest BCUT2D eigenvalue weighted by molar-refractivity contribution is -0.144. The lowest BCUT2D eigenvalue weighted by Crippen LogP contribution is -2.37. The summed E-state index contributed by atoms with van der Waals surface area (Å²) >= 11 is 0. The molecule has 1 aromatic carbocycles. The van der Waals surface area contributed by atoms with Gasteiger partial charge in [0.2, 0.25) is 5.91 Å². The summed E-state index contributed by atoms with van der Waals surface area (Å²) in [5.41, 5.74) is 1.66. The Morgan fingerprint density at radius 2 is 1.76 bits per heavy atom. The van der Waals surface area contributed by atoms with Crippen molar-refractivity contribution in [3.05, 3.63) is 35.4 Å². The second-order valence-corrected chi connectivity index (χ2v) is 5.44. The van der Waals surface area contributed by atoms with Crippen LogP contribution in [0.1, 0.15) is 41.6 Å². The molecule has 1 saturated carbocycles. The maximum absolute atomic E-state index is 12.1. The van der Waals surface area contributed by atoms with Crippen LogP contribution in [0, 0.1) is 6.92 Å². The summed E-state index contributed by atoms with van der Waals surface area (Å²) in [7, 11) is 0. The van der Waals surface area contributed by atoms with E-state index in [1.807, 2.05) is 19.1 Å². The van der Waals surface area contributed by atoms with Crippen LogP contribution in [-0.2, 0) is 9.59 Å². The van der Waals surface area contributed by atoms with Crippen molar-refractivity contribution in [2.24, 2.45) is 0 Å². The molecule has 1 amide bonds. The van der Waals surface area contributed by atoms with E-state index in [4.69, 9.17) is 5.11 Å². The molecule has 0 spiro atoms. The Kier molecular flexibility index (Phi) is 4.73. The third-order valence-electron chi connectivity index (χ3n) is 3.55. The van der Waals surface area contributed by atoms with Gasteiger partial charge in [0.1, 0.15) is 6.54 Å². The number of ketones is 1. The van der Waals surface area contributed by atoms with Gasteiger partial charge in [-0.3, -0.25) is 14.4 Å². The van der Waals surface area contributed by atoms with Gasteiger partial charge in [-0.25, -0.2) is 0 Å². The van der Waals surface area contributed by atoms with E-state index in [1.165, 1.54) is 4.90 Å². The van der Waals surface area contributed by atoms with Crippen molar-refractivity contribution in [3.63, 3.8) is 0 Å².